The fourth-order valence-electron chi connectivity index (χ4n) is 2.94. The van der Waals surface area contributed by atoms with E-state index in [2.05, 4.69) is 15.5 Å². The van der Waals surface area contributed by atoms with E-state index in [1.807, 2.05) is 7.05 Å². The molecule has 2 aliphatic rings. The Hall–Kier alpha value is -0.320. The predicted molar refractivity (Wildman–Crippen MR) is 76.2 cm³/mol. The molecule has 1 unspecified atom stereocenters. The highest BCUT2D eigenvalue weighted by Crippen LogP contribution is 2.17. The Morgan fingerprint density at radius 1 is 1.17 bits per heavy atom. The van der Waals surface area contributed by atoms with Crippen molar-refractivity contribution in [2.75, 3.05) is 26.7 Å². The molecule has 1 aliphatic heterocycles. The lowest BCUT2D eigenvalue weighted by molar-refractivity contribution is -0.122. The normalized spacial score (nSPS) is 25.7. The third-order valence-electron chi connectivity index (χ3n) is 4.02. The van der Waals surface area contributed by atoms with E-state index in [0.29, 0.717) is 18.6 Å². The summed E-state index contributed by atoms with van der Waals surface area (Å²) in [4.78, 5) is 14.1. The van der Waals surface area contributed by atoms with Crippen LogP contribution in [0.25, 0.3) is 0 Å². The zero-order valence-electron chi connectivity index (χ0n) is 11.3. The molecule has 0 aromatic heterocycles. The van der Waals surface area contributed by atoms with Crippen molar-refractivity contribution in [1.82, 2.24) is 15.5 Å². The summed E-state index contributed by atoms with van der Waals surface area (Å²) in [6, 6.07) is 1.01. The Bertz CT molecular complexity index is 257. The molecule has 18 heavy (non-hydrogen) atoms. The lowest BCUT2D eigenvalue weighted by atomic mass is 9.95. The van der Waals surface area contributed by atoms with Crippen LogP contribution >= 0.6 is 12.4 Å². The van der Waals surface area contributed by atoms with Crippen LogP contribution in [0.1, 0.15) is 38.5 Å². The van der Waals surface area contributed by atoms with E-state index in [-0.39, 0.29) is 18.3 Å². The van der Waals surface area contributed by atoms with Crippen LogP contribution in [0.2, 0.25) is 0 Å². The quantitative estimate of drug-likeness (QED) is 0.809. The molecule has 1 heterocycles. The van der Waals surface area contributed by atoms with Crippen LogP contribution in [0.3, 0.4) is 0 Å². The molecule has 0 aromatic rings. The fraction of sp³-hybridized carbons (Fsp3) is 0.923. The molecule has 1 atom stereocenters. The van der Waals surface area contributed by atoms with Crippen molar-refractivity contribution in [1.29, 1.82) is 0 Å². The van der Waals surface area contributed by atoms with Crippen molar-refractivity contribution in [3.05, 3.63) is 0 Å². The van der Waals surface area contributed by atoms with Crippen LogP contribution in [-0.4, -0.2) is 49.6 Å². The molecule has 1 amide bonds. The fourth-order valence-corrected chi connectivity index (χ4v) is 2.94. The molecule has 1 aliphatic carbocycles. The van der Waals surface area contributed by atoms with Gasteiger partial charge in [0.2, 0.25) is 5.91 Å². The Kier molecular flexibility index (Phi) is 6.97. The zero-order valence-corrected chi connectivity index (χ0v) is 12.1. The summed E-state index contributed by atoms with van der Waals surface area (Å²) in [5.41, 5.74) is 0. The molecule has 0 spiro atoms. The first-order valence-electron chi connectivity index (χ1n) is 6.97. The average molecular weight is 276 g/mol. The molecule has 4 nitrogen and oxygen atoms in total. The van der Waals surface area contributed by atoms with Crippen LogP contribution < -0.4 is 10.6 Å². The van der Waals surface area contributed by atoms with E-state index in [1.165, 1.54) is 32.1 Å². The molecule has 2 rings (SSSR count). The number of rotatable bonds is 4. The monoisotopic (exact) mass is 275 g/mol. The number of halogens is 1. The number of carbonyl (C=O) groups is 1. The summed E-state index contributed by atoms with van der Waals surface area (Å²) in [6.07, 6.45) is 7.39. The summed E-state index contributed by atoms with van der Waals surface area (Å²) in [5, 5.41) is 6.45. The molecule has 0 radical (unpaired) electrons. The highest BCUT2D eigenvalue weighted by Gasteiger charge is 2.23. The molecule has 2 fully saturated rings. The summed E-state index contributed by atoms with van der Waals surface area (Å²) < 4.78 is 0. The Morgan fingerprint density at radius 3 is 2.50 bits per heavy atom. The second-order valence-electron chi connectivity index (χ2n) is 5.41. The van der Waals surface area contributed by atoms with Crippen LogP contribution in [-0.2, 0) is 4.79 Å². The maximum absolute atomic E-state index is 11.9. The van der Waals surface area contributed by atoms with Crippen molar-refractivity contribution < 1.29 is 4.79 Å². The minimum Gasteiger partial charge on any atom is -0.352 e. The third kappa shape index (κ3) is 4.75. The van der Waals surface area contributed by atoms with Crippen molar-refractivity contribution >= 4 is 18.3 Å². The first-order chi connectivity index (χ1) is 8.28. The maximum Gasteiger partial charge on any atom is 0.234 e. The summed E-state index contributed by atoms with van der Waals surface area (Å²) in [5.74, 6) is 0.216. The van der Waals surface area contributed by atoms with Crippen LogP contribution in [0.4, 0.5) is 0 Å². The van der Waals surface area contributed by atoms with Crippen molar-refractivity contribution in [3.63, 3.8) is 0 Å². The number of amides is 1. The molecule has 1 saturated carbocycles. The van der Waals surface area contributed by atoms with E-state index >= 15 is 0 Å². The van der Waals surface area contributed by atoms with Gasteiger partial charge in [0.05, 0.1) is 6.54 Å². The van der Waals surface area contributed by atoms with Crippen molar-refractivity contribution in [2.45, 2.75) is 50.6 Å². The van der Waals surface area contributed by atoms with Crippen molar-refractivity contribution in [2.24, 2.45) is 0 Å². The van der Waals surface area contributed by atoms with Gasteiger partial charge in [0.1, 0.15) is 0 Å². The van der Waals surface area contributed by atoms with Gasteiger partial charge in [-0.25, -0.2) is 0 Å². The van der Waals surface area contributed by atoms with E-state index in [9.17, 15) is 4.79 Å². The number of hydrogen-bond acceptors (Lipinski definition) is 3. The Labute approximate surface area is 116 Å². The molecular formula is C13H26ClN3O. The second kappa shape index (κ2) is 7.97. The zero-order chi connectivity index (χ0) is 12.1. The van der Waals surface area contributed by atoms with Gasteiger partial charge in [-0.3, -0.25) is 9.69 Å². The minimum atomic E-state index is 0. The van der Waals surface area contributed by atoms with E-state index in [0.717, 1.165) is 19.5 Å². The van der Waals surface area contributed by atoms with Gasteiger partial charge in [0.25, 0.3) is 0 Å². The first kappa shape index (κ1) is 15.7. The van der Waals surface area contributed by atoms with Gasteiger partial charge in [0.15, 0.2) is 0 Å². The van der Waals surface area contributed by atoms with E-state index < -0.39 is 0 Å². The first-order valence-corrected chi connectivity index (χ1v) is 6.97. The number of nitrogens with one attached hydrogen (secondary N) is 2. The predicted octanol–water partition coefficient (Wildman–Crippen LogP) is 1.15. The van der Waals surface area contributed by atoms with Gasteiger partial charge in [-0.05, 0) is 26.3 Å². The van der Waals surface area contributed by atoms with Crippen LogP contribution in [0, 0.1) is 0 Å². The topological polar surface area (TPSA) is 44.4 Å². The highest BCUT2D eigenvalue weighted by molar-refractivity contribution is 5.85. The van der Waals surface area contributed by atoms with Crippen LogP contribution in [0.5, 0.6) is 0 Å². The Balaban J connectivity index is 0.00000162. The lowest BCUT2D eigenvalue weighted by Crippen LogP contribution is -2.42. The molecular weight excluding hydrogens is 250 g/mol. The van der Waals surface area contributed by atoms with Gasteiger partial charge in [-0.15, -0.1) is 12.4 Å². The molecule has 106 valence electrons. The van der Waals surface area contributed by atoms with Gasteiger partial charge in [-0.2, -0.15) is 0 Å². The molecule has 0 bridgehead atoms. The second-order valence-corrected chi connectivity index (χ2v) is 5.41. The molecule has 2 N–H and O–H groups in total. The number of nitrogens with zero attached hydrogens (tertiary/aromatic N) is 1. The van der Waals surface area contributed by atoms with Crippen molar-refractivity contribution in [3.8, 4) is 0 Å². The SMILES string of the molecule is CNC1CCN(CC(=O)NC2CCCCC2)C1.Cl. The van der Waals surface area contributed by atoms with Gasteiger partial charge in [0, 0.05) is 25.2 Å². The molecule has 0 aromatic carbocycles. The van der Waals surface area contributed by atoms with E-state index in [4.69, 9.17) is 0 Å². The highest BCUT2D eigenvalue weighted by atomic mass is 35.5. The summed E-state index contributed by atoms with van der Waals surface area (Å²) >= 11 is 0. The largest absolute Gasteiger partial charge is 0.352 e. The standard InChI is InChI=1S/C13H25N3O.ClH/c1-14-12-7-8-16(9-12)10-13(17)15-11-5-3-2-4-6-11;/h11-12,14H,2-10H2,1H3,(H,15,17);1H. The number of likely N-dealkylation sites (N-methyl/N-ethyl adjacent to an activating group) is 1. The minimum absolute atomic E-state index is 0. The number of likely N-dealkylation sites (tertiary alicyclic amines) is 1. The van der Waals surface area contributed by atoms with Gasteiger partial charge in [-0.1, -0.05) is 19.3 Å². The Morgan fingerprint density at radius 2 is 1.89 bits per heavy atom. The van der Waals surface area contributed by atoms with Crippen LogP contribution in [0.15, 0.2) is 0 Å². The lowest BCUT2D eigenvalue weighted by Gasteiger charge is -2.24. The number of hydrogen-bond donors (Lipinski definition) is 2. The third-order valence-corrected chi connectivity index (χ3v) is 4.02. The smallest absolute Gasteiger partial charge is 0.234 e. The van der Waals surface area contributed by atoms with Gasteiger partial charge < -0.3 is 10.6 Å². The maximum atomic E-state index is 11.9. The average Bonchev–Trinajstić information content (AvgIpc) is 2.78. The van der Waals surface area contributed by atoms with Gasteiger partial charge >= 0.3 is 0 Å². The van der Waals surface area contributed by atoms with E-state index in [1.54, 1.807) is 0 Å². The molecule has 5 heteroatoms. The molecule has 1 saturated heterocycles. The number of carbonyl (C=O) groups excluding carboxylic acids is 1. The summed E-state index contributed by atoms with van der Waals surface area (Å²) in [7, 11) is 2.00. The summed E-state index contributed by atoms with van der Waals surface area (Å²) in [6.45, 7) is 2.63.